The van der Waals surface area contributed by atoms with Crippen LogP contribution in [0.4, 0.5) is 11.5 Å². The molecule has 31 heavy (non-hydrogen) atoms. The van der Waals surface area contributed by atoms with E-state index < -0.39 is 21.7 Å². The van der Waals surface area contributed by atoms with Gasteiger partial charge in [0.25, 0.3) is 5.91 Å². The Labute approximate surface area is 183 Å². The minimum atomic E-state index is -3.69. The number of carbonyl (C=O) groups is 2. The van der Waals surface area contributed by atoms with E-state index in [0.717, 1.165) is 36.2 Å². The molecule has 0 spiro atoms. The van der Waals surface area contributed by atoms with Crippen LogP contribution < -0.4 is 9.62 Å². The van der Waals surface area contributed by atoms with E-state index >= 15 is 0 Å². The van der Waals surface area contributed by atoms with E-state index in [-0.39, 0.29) is 40.4 Å². The second-order valence-electron chi connectivity index (χ2n) is 7.74. The van der Waals surface area contributed by atoms with E-state index in [4.69, 9.17) is 0 Å². The topological polar surface area (TPSA) is 129 Å². The van der Waals surface area contributed by atoms with E-state index in [1.807, 2.05) is 6.92 Å². The van der Waals surface area contributed by atoms with Crippen LogP contribution in [0, 0.1) is 11.8 Å². The van der Waals surface area contributed by atoms with Crippen molar-refractivity contribution in [2.45, 2.75) is 39.0 Å². The average Bonchev–Trinajstić information content (AvgIpc) is 2.75. The summed E-state index contributed by atoms with van der Waals surface area (Å²) in [5, 5.41) is 13.3. The monoisotopic (exact) mass is 450 g/mol. The lowest BCUT2D eigenvalue weighted by Crippen LogP contribution is -2.33. The van der Waals surface area contributed by atoms with Crippen LogP contribution in [-0.2, 0) is 14.8 Å². The van der Waals surface area contributed by atoms with Gasteiger partial charge in [0.05, 0.1) is 6.26 Å². The lowest BCUT2D eigenvalue weighted by Gasteiger charge is -2.27. The predicted octanol–water partition coefficient (Wildman–Crippen LogP) is 2.67. The van der Waals surface area contributed by atoms with Gasteiger partial charge >= 0.3 is 0 Å². The molecule has 9 nitrogen and oxygen atoms in total. The van der Waals surface area contributed by atoms with Crippen LogP contribution in [0.25, 0.3) is 6.08 Å². The van der Waals surface area contributed by atoms with Gasteiger partial charge in [-0.1, -0.05) is 19.6 Å². The number of hydrogen-bond donors (Lipinski definition) is 2. The van der Waals surface area contributed by atoms with Gasteiger partial charge in [0.2, 0.25) is 10.0 Å². The maximum atomic E-state index is 12.8. The summed E-state index contributed by atoms with van der Waals surface area (Å²) in [7, 11) is -2.41. The number of nitrogens with zero attached hydrogens (tertiary/aromatic N) is 3. The average molecular weight is 451 g/mol. The molecule has 1 aliphatic carbocycles. The van der Waals surface area contributed by atoms with E-state index in [0.29, 0.717) is 13.0 Å². The number of ketones is 1. The van der Waals surface area contributed by atoms with Crippen molar-refractivity contribution in [2.75, 3.05) is 24.2 Å². The molecular formula is C21H30N4O5S. The van der Waals surface area contributed by atoms with Crippen molar-refractivity contribution in [3.8, 4) is 5.75 Å². The molecule has 0 unspecified atom stereocenters. The molecule has 10 heteroatoms. The van der Waals surface area contributed by atoms with Crippen LogP contribution in [-0.4, -0.2) is 56.8 Å². The van der Waals surface area contributed by atoms with Crippen molar-refractivity contribution in [3.63, 3.8) is 0 Å². The zero-order valence-electron chi connectivity index (χ0n) is 18.2. The Morgan fingerprint density at radius 1 is 1.32 bits per heavy atom. The molecule has 1 heterocycles. The van der Waals surface area contributed by atoms with Crippen molar-refractivity contribution < 1.29 is 23.1 Å². The minimum Gasteiger partial charge on any atom is -0.504 e. The summed E-state index contributed by atoms with van der Waals surface area (Å²) < 4.78 is 24.9. The standard InChI is InChI=1S/C21H30N4O5S/c1-6-15-17(22-3)19(27)18(24-20(15)25(4)31(5,29)30)21(28)23-12-13-8-10-14(11-9-13)16(26)7-2/h6,13-14,27H,1,3,7-12H2,2,4-5H3,(H,23,28). The largest absolute Gasteiger partial charge is 0.504 e. The Morgan fingerprint density at radius 3 is 2.42 bits per heavy atom. The summed E-state index contributed by atoms with van der Waals surface area (Å²) >= 11 is 0. The van der Waals surface area contributed by atoms with Crippen molar-refractivity contribution in [3.05, 3.63) is 17.8 Å². The van der Waals surface area contributed by atoms with Crippen LogP contribution in [0.15, 0.2) is 11.6 Å². The molecule has 1 aromatic heterocycles. The molecule has 0 radical (unpaired) electrons. The summed E-state index contributed by atoms with van der Waals surface area (Å²) in [5.41, 5.74) is -0.261. The third kappa shape index (κ3) is 5.49. The normalized spacial score (nSPS) is 18.8. The molecule has 0 bridgehead atoms. The lowest BCUT2D eigenvalue weighted by atomic mass is 9.79. The molecule has 170 valence electrons. The van der Waals surface area contributed by atoms with Gasteiger partial charge in [-0.15, -0.1) is 0 Å². The predicted molar refractivity (Wildman–Crippen MR) is 122 cm³/mol. The van der Waals surface area contributed by atoms with Crippen LogP contribution in [0.5, 0.6) is 5.75 Å². The first-order valence-corrected chi connectivity index (χ1v) is 12.0. The van der Waals surface area contributed by atoms with E-state index in [1.54, 1.807) is 0 Å². The molecule has 0 atom stereocenters. The third-order valence-electron chi connectivity index (χ3n) is 5.74. The van der Waals surface area contributed by atoms with Crippen LogP contribution >= 0.6 is 0 Å². The zero-order chi connectivity index (χ0) is 23.3. The molecule has 0 saturated heterocycles. The number of Topliss-reactive ketones (excluding diaryl/α,β-unsaturated/α-hetero) is 1. The molecule has 2 rings (SSSR count). The van der Waals surface area contributed by atoms with Gasteiger partial charge in [-0.25, -0.2) is 13.4 Å². The van der Waals surface area contributed by atoms with Crippen molar-refractivity contribution in [1.29, 1.82) is 0 Å². The maximum absolute atomic E-state index is 12.8. The van der Waals surface area contributed by atoms with Gasteiger partial charge in [-0.3, -0.25) is 18.9 Å². The third-order valence-corrected chi connectivity index (χ3v) is 6.91. The number of hydrogen-bond acceptors (Lipinski definition) is 7. The number of amides is 1. The summed E-state index contributed by atoms with van der Waals surface area (Å²) in [4.78, 5) is 32.5. The van der Waals surface area contributed by atoms with Crippen molar-refractivity contribution in [2.24, 2.45) is 16.8 Å². The van der Waals surface area contributed by atoms with Gasteiger partial charge in [0.15, 0.2) is 17.3 Å². The quantitative estimate of drug-likeness (QED) is 0.557. The fourth-order valence-electron chi connectivity index (χ4n) is 3.77. The number of nitrogens with one attached hydrogen (secondary N) is 1. The Morgan fingerprint density at radius 2 is 1.94 bits per heavy atom. The fourth-order valence-corrected chi connectivity index (χ4v) is 4.22. The Hall–Kier alpha value is -2.75. The first-order valence-electron chi connectivity index (χ1n) is 10.2. The summed E-state index contributed by atoms with van der Waals surface area (Å²) in [6.45, 7) is 9.25. The Bertz CT molecular complexity index is 982. The summed E-state index contributed by atoms with van der Waals surface area (Å²) in [5.74, 6) is -0.621. The van der Waals surface area contributed by atoms with Gasteiger partial charge in [0.1, 0.15) is 11.5 Å². The van der Waals surface area contributed by atoms with Crippen molar-refractivity contribution in [1.82, 2.24) is 10.3 Å². The molecule has 1 aliphatic rings. The Balaban J connectivity index is 2.23. The second kappa shape index (κ2) is 10.0. The molecule has 1 saturated carbocycles. The van der Waals surface area contributed by atoms with Gasteiger partial charge < -0.3 is 10.4 Å². The maximum Gasteiger partial charge on any atom is 0.273 e. The molecular weight excluding hydrogens is 420 g/mol. The number of aromatic nitrogens is 1. The number of carbonyl (C=O) groups excluding carboxylic acids is 2. The lowest BCUT2D eigenvalue weighted by molar-refractivity contribution is -0.123. The number of aromatic hydroxyl groups is 1. The highest BCUT2D eigenvalue weighted by Crippen LogP contribution is 2.39. The van der Waals surface area contributed by atoms with Crippen LogP contribution in [0.1, 0.15) is 55.1 Å². The van der Waals surface area contributed by atoms with Crippen LogP contribution in [0.3, 0.4) is 0 Å². The number of pyridine rings is 1. The van der Waals surface area contributed by atoms with Gasteiger partial charge in [-0.2, -0.15) is 0 Å². The minimum absolute atomic E-state index is 0.0702. The second-order valence-corrected chi connectivity index (χ2v) is 9.75. The van der Waals surface area contributed by atoms with Gasteiger partial charge in [-0.05, 0) is 38.3 Å². The van der Waals surface area contributed by atoms with Crippen LogP contribution in [0.2, 0.25) is 0 Å². The number of anilines is 1. The molecule has 1 aromatic rings. The molecule has 0 aliphatic heterocycles. The highest BCUT2D eigenvalue weighted by atomic mass is 32.2. The smallest absolute Gasteiger partial charge is 0.273 e. The first kappa shape index (κ1) is 24.5. The fraction of sp³-hybridized carbons (Fsp3) is 0.524. The SMILES string of the molecule is C=Cc1c(N(C)S(C)(=O)=O)nc(C(=O)NCC2CCC(C(=O)CC)CC2)c(O)c1N=C. The number of aliphatic imine (C=N–C) groups is 1. The zero-order valence-corrected chi connectivity index (χ0v) is 19.0. The van der Waals surface area contributed by atoms with E-state index in [1.165, 1.54) is 13.1 Å². The van der Waals surface area contributed by atoms with E-state index in [9.17, 15) is 23.1 Å². The summed E-state index contributed by atoms with van der Waals surface area (Å²) in [6, 6.07) is 0. The highest BCUT2D eigenvalue weighted by molar-refractivity contribution is 7.92. The van der Waals surface area contributed by atoms with Gasteiger partial charge in [0, 0.05) is 31.5 Å². The van der Waals surface area contributed by atoms with Crippen molar-refractivity contribution >= 4 is 46.0 Å². The number of rotatable bonds is 9. The molecule has 2 N–H and O–H groups in total. The Kier molecular flexibility index (Phi) is 7.94. The summed E-state index contributed by atoms with van der Waals surface area (Å²) in [6.07, 6.45) is 6.10. The van der Waals surface area contributed by atoms with E-state index in [2.05, 4.69) is 28.6 Å². The molecule has 1 amide bonds. The molecule has 0 aromatic carbocycles. The highest BCUT2D eigenvalue weighted by Gasteiger charge is 2.28. The molecule has 1 fully saturated rings. The first-order chi connectivity index (χ1) is 14.5. The number of sulfonamides is 1.